The van der Waals surface area contributed by atoms with E-state index in [0.29, 0.717) is 26.3 Å². The highest BCUT2D eigenvalue weighted by molar-refractivity contribution is 5.87. The van der Waals surface area contributed by atoms with Crippen LogP contribution >= 0.6 is 0 Å². The largest absolute Gasteiger partial charge is 0.381 e. The predicted octanol–water partition coefficient (Wildman–Crippen LogP) is 1.85. The van der Waals surface area contributed by atoms with Gasteiger partial charge in [0, 0.05) is 57.7 Å². The topological polar surface area (TPSA) is 62.7 Å². The predicted molar refractivity (Wildman–Crippen MR) is 96.1 cm³/mol. The van der Waals surface area contributed by atoms with Gasteiger partial charge in [-0.25, -0.2) is 0 Å². The van der Waals surface area contributed by atoms with Gasteiger partial charge in [-0.3, -0.25) is 14.6 Å². The Morgan fingerprint density at radius 3 is 2.73 bits per heavy atom. The van der Waals surface area contributed by atoms with Gasteiger partial charge >= 0.3 is 0 Å². The Bertz CT molecular complexity index is 660. The Labute approximate surface area is 154 Å². The lowest BCUT2D eigenvalue weighted by atomic mass is 9.78. The van der Waals surface area contributed by atoms with Gasteiger partial charge < -0.3 is 14.5 Å². The molecule has 0 saturated carbocycles. The molecule has 3 aliphatic rings. The van der Waals surface area contributed by atoms with E-state index in [1.54, 1.807) is 12.4 Å². The summed E-state index contributed by atoms with van der Waals surface area (Å²) >= 11 is 0. The van der Waals surface area contributed by atoms with Crippen LogP contribution in [0, 0.1) is 11.3 Å². The van der Waals surface area contributed by atoms with Gasteiger partial charge in [-0.15, -0.1) is 0 Å². The maximum Gasteiger partial charge on any atom is 0.230 e. The highest BCUT2D eigenvalue weighted by Gasteiger charge is 2.49. The second-order valence-electron chi connectivity index (χ2n) is 7.86. The Morgan fingerprint density at radius 1 is 1.19 bits per heavy atom. The van der Waals surface area contributed by atoms with Crippen LogP contribution in [0.3, 0.4) is 0 Å². The van der Waals surface area contributed by atoms with E-state index in [1.807, 2.05) is 21.9 Å². The van der Waals surface area contributed by atoms with Crippen molar-refractivity contribution >= 4 is 11.8 Å². The number of ether oxygens (including phenoxy) is 1. The summed E-state index contributed by atoms with van der Waals surface area (Å²) in [6.45, 7) is 4.14. The summed E-state index contributed by atoms with van der Waals surface area (Å²) in [4.78, 5) is 34.1. The zero-order valence-electron chi connectivity index (χ0n) is 15.2. The van der Waals surface area contributed by atoms with Crippen LogP contribution in [0.1, 0.15) is 37.7 Å². The zero-order valence-corrected chi connectivity index (χ0v) is 15.2. The monoisotopic (exact) mass is 357 g/mol. The van der Waals surface area contributed by atoms with Crippen molar-refractivity contribution in [3.63, 3.8) is 0 Å². The summed E-state index contributed by atoms with van der Waals surface area (Å²) in [5.74, 6) is 0.523. The van der Waals surface area contributed by atoms with Crippen LogP contribution in [-0.2, 0) is 20.9 Å². The van der Waals surface area contributed by atoms with Gasteiger partial charge in [0.1, 0.15) is 0 Å². The van der Waals surface area contributed by atoms with Gasteiger partial charge in [0.05, 0.1) is 5.41 Å². The van der Waals surface area contributed by atoms with Gasteiger partial charge in [0.15, 0.2) is 0 Å². The molecule has 2 amide bonds. The quantitative estimate of drug-likeness (QED) is 0.828. The fraction of sp³-hybridized carbons (Fsp3) is 0.650. The van der Waals surface area contributed by atoms with Gasteiger partial charge in [0.25, 0.3) is 0 Å². The molecular formula is C20H27N3O3. The van der Waals surface area contributed by atoms with Crippen LogP contribution in [0.2, 0.25) is 0 Å². The molecule has 1 aromatic rings. The maximum absolute atomic E-state index is 13.2. The molecule has 6 nitrogen and oxygen atoms in total. The number of aromatic nitrogens is 1. The van der Waals surface area contributed by atoms with E-state index >= 15 is 0 Å². The lowest BCUT2D eigenvalue weighted by Gasteiger charge is -2.40. The fourth-order valence-corrected chi connectivity index (χ4v) is 4.65. The Hall–Kier alpha value is -1.95. The molecule has 1 aromatic heterocycles. The van der Waals surface area contributed by atoms with Crippen molar-refractivity contribution in [3.05, 3.63) is 30.1 Å². The molecule has 0 aliphatic carbocycles. The molecule has 0 aromatic carbocycles. The first kappa shape index (κ1) is 17.5. The number of rotatable bonds is 3. The number of likely N-dealkylation sites (tertiary alicyclic amines) is 2. The van der Waals surface area contributed by atoms with E-state index in [0.717, 1.165) is 50.8 Å². The van der Waals surface area contributed by atoms with Crippen molar-refractivity contribution in [1.29, 1.82) is 0 Å². The molecule has 4 rings (SSSR count). The normalized spacial score (nSPS) is 27.3. The maximum atomic E-state index is 13.2. The van der Waals surface area contributed by atoms with Gasteiger partial charge in [-0.1, -0.05) is 0 Å². The second-order valence-corrected chi connectivity index (χ2v) is 7.86. The Balaban J connectivity index is 1.43. The second kappa shape index (κ2) is 7.35. The third-order valence-electron chi connectivity index (χ3n) is 6.18. The summed E-state index contributed by atoms with van der Waals surface area (Å²) < 4.78 is 5.38. The van der Waals surface area contributed by atoms with Crippen LogP contribution < -0.4 is 0 Å². The van der Waals surface area contributed by atoms with Crippen molar-refractivity contribution in [1.82, 2.24) is 14.8 Å². The first-order valence-electron chi connectivity index (χ1n) is 9.73. The highest BCUT2D eigenvalue weighted by atomic mass is 16.5. The molecule has 140 valence electrons. The van der Waals surface area contributed by atoms with Crippen LogP contribution in [0.25, 0.3) is 0 Å². The van der Waals surface area contributed by atoms with E-state index < -0.39 is 0 Å². The summed E-state index contributed by atoms with van der Waals surface area (Å²) in [7, 11) is 0. The molecule has 1 spiro atoms. The summed E-state index contributed by atoms with van der Waals surface area (Å²) in [5.41, 5.74) is 0.739. The van der Waals surface area contributed by atoms with Crippen molar-refractivity contribution in [2.24, 2.45) is 11.3 Å². The molecule has 4 heterocycles. The molecule has 0 radical (unpaired) electrons. The average Bonchev–Trinajstić information content (AvgIpc) is 2.98. The first-order chi connectivity index (χ1) is 12.7. The molecule has 3 fully saturated rings. The molecule has 1 atom stereocenters. The minimum atomic E-state index is -0.369. The molecule has 0 N–H and O–H groups in total. The number of piperidine rings is 1. The lowest BCUT2D eigenvalue weighted by molar-refractivity contribution is -0.147. The molecule has 3 aliphatic heterocycles. The molecule has 26 heavy (non-hydrogen) atoms. The molecule has 0 bridgehead atoms. The smallest absolute Gasteiger partial charge is 0.230 e. The number of nitrogens with zero attached hydrogens (tertiary/aromatic N) is 3. The van der Waals surface area contributed by atoms with Crippen molar-refractivity contribution < 1.29 is 14.3 Å². The summed E-state index contributed by atoms with van der Waals surface area (Å²) in [6.07, 6.45) is 7.82. The summed E-state index contributed by atoms with van der Waals surface area (Å²) in [5, 5.41) is 0. The number of amides is 2. The van der Waals surface area contributed by atoms with E-state index in [-0.39, 0.29) is 23.1 Å². The zero-order chi connectivity index (χ0) is 18.0. The summed E-state index contributed by atoms with van der Waals surface area (Å²) in [6, 6.07) is 3.92. The van der Waals surface area contributed by atoms with Crippen LogP contribution in [-0.4, -0.2) is 59.4 Å². The van der Waals surface area contributed by atoms with Crippen LogP contribution in [0.5, 0.6) is 0 Å². The van der Waals surface area contributed by atoms with Crippen molar-refractivity contribution in [2.75, 3.05) is 32.8 Å². The number of carbonyl (C=O) groups is 2. The van der Waals surface area contributed by atoms with E-state index in [9.17, 15) is 9.59 Å². The van der Waals surface area contributed by atoms with E-state index in [4.69, 9.17) is 4.74 Å². The van der Waals surface area contributed by atoms with Gasteiger partial charge in [-0.2, -0.15) is 0 Å². The molecule has 0 unspecified atom stereocenters. The van der Waals surface area contributed by atoms with E-state index in [2.05, 4.69) is 4.98 Å². The third-order valence-corrected chi connectivity index (χ3v) is 6.18. The van der Waals surface area contributed by atoms with Gasteiger partial charge in [0.2, 0.25) is 11.8 Å². The van der Waals surface area contributed by atoms with Crippen molar-refractivity contribution in [3.8, 4) is 0 Å². The number of hydrogen-bond acceptors (Lipinski definition) is 4. The molecule has 3 saturated heterocycles. The lowest BCUT2D eigenvalue weighted by Crippen LogP contribution is -2.51. The standard InChI is InChI=1S/C20H27N3O3/c24-18(17-4-12-26-13-5-17)23-10-1-6-20(15-23)7-11-22(19(20)25)14-16-2-8-21-9-3-16/h2-3,8-9,17H,1,4-7,10-15H2/t20-/m0/s1. The van der Waals surface area contributed by atoms with Gasteiger partial charge in [-0.05, 0) is 49.8 Å². The van der Waals surface area contributed by atoms with Crippen molar-refractivity contribution in [2.45, 2.75) is 38.6 Å². The number of hydrogen-bond donors (Lipinski definition) is 0. The minimum Gasteiger partial charge on any atom is -0.381 e. The Morgan fingerprint density at radius 2 is 1.96 bits per heavy atom. The molecule has 6 heteroatoms. The van der Waals surface area contributed by atoms with Crippen LogP contribution in [0.15, 0.2) is 24.5 Å². The molecular weight excluding hydrogens is 330 g/mol. The SMILES string of the molecule is O=C(C1CCOCC1)N1CCC[C@]2(CCN(Cc3ccncc3)C2=O)C1. The van der Waals surface area contributed by atoms with Crippen LogP contribution in [0.4, 0.5) is 0 Å². The fourth-order valence-electron chi connectivity index (χ4n) is 4.65. The highest BCUT2D eigenvalue weighted by Crippen LogP contribution is 2.41. The Kier molecular flexibility index (Phi) is 4.94. The number of pyridine rings is 1. The minimum absolute atomic E-state index is 0.0725. The average molecular weight is 357 g/mol. The third kappa shape index (κ3) is 3.34. The first-order valence-corrected chi connectivity index (χ1v) is 9.73. The van der Waals surface area contributed by atoms with E-state index in [1.165, 1.54) is 0 Å². The number of carbonyl (C=O) groups excluding carboxylic acids is 2.